The summed E-state index contributed by atoms with van der Waals surface area (Å²) in [5, 5.41) is 23.0. The number of phenols is 1. The van der Waals surface area contributed by atoms with Gasteiger partial charge in [-0.2, -0.15) is 0 Å². The first-order chi connectivity index (χ1) is 17.3. The highest BCUT2D eigenvalue weighted by Crippen LogP contribution is 2.36. The van der Waals surface area contributed by atoms with E-state index in [1.165, 1.54) is 11.7 Å². The molecule has 0 radical (unpaired) electrons. The Bertz CT molecular complexity index is 1750. The molecule has 0 fully saturated rings. The minimum absolute atomic E-state index is 0.0332. The molecule has 0 saturated heterocycles. The SMILES string of the molecule is CC(=O)Nc1ccc2c3c(cccc13)C(=O)N(c1ccc3nn(-c4cc(C)ccc4O)nc3c1)C2=O. The second-order valence-corrected chi connectivity index (χ2v) is 8.67. The first kappa shape index (κ1) is 21.5. The first-order valence-electron chi connectivity index (χ1n) is 11.2. The number of benzene rings is 4. The molecule has 6 rings (SSSR count). The summed E-state index contributed by atoms with van der Waals surface area (Å²) in [6.07, 6.45) is 0. The van der Waals surface area contributed by atoms with Crippen LogP contribution in [0.5, 0.6) is 5.75 Å². The predicted molar refractivity (Wildman–Crippen MR) is 135 cm³/mol. The molecular weight excluding hydrogens is 458 g/mol. The Morgan fingerprint density at radius 3 is 2.42 bits per heavy atom. The fourth-order valence-corrected chi connectivity index (χ4v) is 4.57. The van der Waals surface area contributed by atoms with Crippen molar-refractivity contribution in [3.05, 3.63) is 83.4 Å². The van der Waals surface area contributed by atoms with E-state index >= 15 is 0 Å². The van der Waals surface area contributed by atoms with Crippen LogP contribution < -0.4 is 10.2 Å². The van der Waals surface area contributed by atoms with Crippen LogP contribution >= 0.6 is 0 Å². The van der Waals surface area contributed by atoms with Crippen molar-refractivity contribution >= 4 is 50.9 Å². The van der Waals surface area contributed by atoms with Crippen LogP contribution in [0.2, 0.25) is 0 Å². The molecule has 5 aromatic rings. The molecule has 0 unspecified atom stereocenters. The van der Waals surface area contributed by atoms with Crippen molar-refractivity contribution in [2.24, 2.45) is 0 Å². The van der Waals surface area contributed by atoms with E-state index < -0.39 is 11.8 Å². The lowest BCUT2D eigenvalue weighted by atomic mass is 9.92. The maximum Gasteiger partial charge on any atom is 0.265 e. The Balaban J connectivity index is 1.45. The predicted octanol–water partition coefficient (Wildman–Crippen LogP) is 4.35. The van der Waals surface area contributed by atoms with Crippen LogP contribution in [0, 0.1) is 6.92 Å². The molecule has 2 heterocycles. The number of hydrogen-bond donors (Lipinski definition) is 2. The number of carbonyl (C=O) groups is 3. The third-order valence-corrected chi connectivity index (χ3v) is 6.19. The number of hydrogen-bond acceptors (Lipinski definition) is 6. The van der Waals surface area contributed by atoms with Gasteiger partial charge in [-0.3, -0.25) is 14.4 Å². The van der Waals surface area contributed by atoms with Gasteiger partial charge in [-0.1, -0.05) is 18.2 Å². The highest BCUT2D eigenvalue weighted by Gasteiger charge is 2.34. The van der Waals surface area contributed by atoms with Gasteiger partial charge in [0.05, 0.1) is 5.69 Å². The molecule has 2 N–H and O–H groups in total. The Hall–Kier alpha value is -5.05. The van der Waals surface area contributed by atoms with Crippen LogP contribution in [-0.2, 0) is 4.79 Å². The molecule has 0 bridgehead atoms. The maximum atomic E-state index is 13.5. The van der Waals surface area contributed by atoms with E-state index in [2.05, 4.69) is 15.5 Å². The number of carbonyl (C=O) groups excluding carboxylic acids is 3. The quantitative estimate of drug-likeness (QED) is 0.373. The van der Waals surface area contributed by atoms with Gasteiger partial charge in [0.1, 0.15) is 22.5 Å². The summed E-state index contributed by atoms with van der Waals surface area (Å²) in [5.41, 5.74) is 3.97. The van der Waals surface area contributed by atoms with Crippen molar-refractivity contribution in [3.63, 3.8) is 0 Å². The van der Waals surface area contributed by atoms with Crippen LogP contribution in [0.1, 0.15) is 33.2 Å². The summed E-state index contributed by atoms with van der Waals surface area (Å²) in [5.74, 6) is -1.15. The molecule has 9 nitrogen and oxygen atoms in total. The number of aromatic nitrogens is 3. The fraction of sp³-hybridized carbons (Fsp3) is 0.0741. The molecule has 1 aromatic heterocycles. The topological polar surface area (TPSA) is 117 Å². The summed E-state index contributed by atoms with van der Waals surface area (Å²) in [6, 6.07) is 18.5. The zero-order chi connectivity index (χ0) is 25.1. The molecule has 36 heavy (non-hydrogen) atoms. The van der Waals surface area contributed by atoms with E-state index in [0.717, 1.165) is 10.5 Å². The van der Waals surface area contributed by atoms with E-state index in [4.69, 9.17) is 0 Å². The fourth-order valence-electron chi connectivity index (χ4n) is 4.57. The van der Waals surface area contributed by atoms with E-state index in [1.54, 1.807) is 66.7 Å². The third kappa shape index (κ3) is 3.21. The van der Waals surface area contributed by atoms with Crippen molar-refractivity contribution < 1.29 is 19.5 Å². The number of aromatic hydroxyl groups is 1. The van der Waals surface area contributed by atoms with Crippen LogP contribution in [0.4, 0.5) is 11.4 Å². The number of amides is 3. The molecule has 0 spiro atoms. The first-order valence-corrected chi connectivity index (χ1v) is 11.2. The van der Waals surface area contributed by atoms with E-state index in [9.17, 15) is 19.5 Å². The molecule has 1 aliphatic rings. The average Bonchev–Trinajstić information content (AvgIpc) is 3.28. The monoisotopic (exact) mass is 477 g/mol. The summed E-state index contributed by atoms with van der Waals surface area (Å²) in [7, 11) is 0. The minimum atomic E-state index is -0.471. The Kier molecular flexibility index (Phi) is 4.62. The smallest absolute Gasteiger partial charge is 0.265 e. The zero-order valence-corrected chi connectivity index (χ0v) is 19.3. The van der Waals surface area contributed by atoms with E-state index in [1.807, 2.05) is 6.92 Å². The second-order valence-electron chi connectivity index (χ2n) is 8.67. The molecule has 9 heteroatoms. The highest BCUT2D eigenvalue weighted by atomic mass is 16.3. The number of nitrogens with zero attached hydrogens (tertiary/aromatic N) is 4. The third-order valence-electron chi connectivity index (χ3n) is 6.19. The Labute approximate surface area is 204 Å². The lowest BCUT2D eigenvalue weighted by Gasteiger charge is -2.27. The number of aryl methyl sites for hydroxylation is 1. The number of phenolic OH excluding ortho intramolecular Hbond substituents is 1. The van der Waals surface area contributed by atoms with E-state index in [-0.39, 0.29) is 11.7 Å². The van der Waals surface area contributed by atoms with Crippen LogP contribution in [0.15, 0.2) is 66.7 Å². The standard InChI is InChI=1S/C27H19N5O4/c1-14-6-11-24(34)23(12-14)32-29-21-9-7-16(13-22(21)30-32)31-26(35)18-5-3-4-17-20(28-15(2)33)10-8-19(25(17)18)27(31)36/h3-13,34H,1-2H3,(H,28,33). The lowest BCUT2D eigenvalue weighted by molar-refractivity contribution is -0.114. The van der Waals surface area contributed by atoms with Gasteiger partial charge in [-0.15, -0.1) is 15.0 Å². The number of nitrogens with one attached hydrogen (secondary N) is 1. The summed E-state index contributed by atoms with van der Waals surface area (Å²) in [4.78, 5) is 41.2. The molecule has 1 aliphatic heterocycles. The summed E-state index contributed by atoms with van der Waals surface area (Å²) < 4.78 is 0. The maximum absolute atomic E-state index is 13.5. The molecule has 0 saturated carbocycles. The van der Waals surface area contributed by atoms with Gasteiger partial charge in [0, 0.05) is 34.5 Å². The molecular formula is C27H19N5O4. The van der Waals surface area contributed by atoms with Gasteiger partial charge in [-0.05, 0) is 61.0 Å². The summed E-state index contributed by atoms with van der Waals surface area (Å²) >= 11 is 0. The van der Waals surface area contributed by atoms with Gasteiger partial charge >= 0.3 is 0 Å². The van der Waals surface area contributed by atoms with Crippen molar-refractivity contribution in [3.8, 4) is 11.4 Å². The number of imide groups is 1. The van der Waals surface area contributed by atoms with Crippen LogP contribution in [-0.4, -0.2) is 37.8 Å². The highest BCUT2D eigenvalue weighted by molar-refractivity contribution is 6.36. The van der Waals surface area contributed by atoms with Gasteiger partial charge in [0.2, 0.25) is 5.91 Å². The largest absolute Gasteiger partial charge is 0.506 e. The van der Waals surface area contributed by atoms with Gasteiger partial charge in [-0.25, -0.2) is 4.90 Å². The lowest BCUT2D eigenvalue weighted by Crippen LogP contribution is -2.40. The minimum Gasteiger partial charge on any atom is -0.506 e. The average molecular weight is 477 g/mol. The number of anilines is 2. The van der Waals surface area contributed by atoms with Gasteiger partial charge in [0.15, 0.2) is 0 Å². The Morgan fingerprint density at radius 1 is 0.889 bits per heavy atom. The molecule has 4 aromatic carbocycles. The van der Waals surface area contributed by atoms with Crippen molar-refractivity contribution in [2.45, 2.75) is 13.8 Å². The van der Waals surface area contributed by atoms with Crippen LogP contribution in [0.3, 0.4) is 0 Å². The number of rotatable bonds is 3. The Morgan fingerprint density at radius 2 is 1.64 bits per heavy atom. The van der Waals surface area contributed by atoms with Gasteiger partial charge < -0.3 is 10.4 Å². The van der Waals surface area contributed by atoms with Gasteiger partial charge in [0.25, 0.3) is 11.8 Å². The molecule has 0 atom stereocenters. The van der Waals surface area contributed by atoms with Crippen molar-refractivity contribution in [2.75, 3.05) is 10.2 Å². The normalized spacial score (nSPS) is 13.0. The van der Waals surface area contributed by atoms with Crippen LogP contribution in [0.25, 0.3) is 27.5 Å². The van der Waals surface area contributed by atoms with Crippen molar-refractivity contribution in [1.82, 2.24) is 15.0 Å². The zero-order valence-electron chi connectivity index (χ0n) is 19.3. The van der Waals surface area contributed by atoms with E-state index in [0.29, 0.717) is 50.0 Å². The summed E-state index contributed by atoms with van der Waals surface area (Å²) in [6.45, 7) is 3.30. The van der Waals surface area contributed by atoms with Crippen molar-refractivity contribution in [1.29, 1.82) is 0 Å². The molecule has 0 aliphatic carbocycles. The second kappa shape index (κ2) is 7.74. The number of fused-ring (bicyclic) bond motifs is 1. The molecule has 3 amide bonds. The molecule has 176 valence electrons.